The summed E-state index contributed by atoms with van der Waals surface area (Å²) in [6, 6.07) is 5.45. The molecule has 2 aliphatic rings. The number of ketones is 1. The molecule has 9 nitrogen and oxygen atoms in total. The molecule has 0 radical (unpaired) electrons. The zero-order chi connectivity index (χ0) is 21.0. The minimum atomic E-state index is -3.57. The molecule has 10 heteroatoms. The molecule has 1 atom stereocenters. The molecule has 2 aromatic rings. The van der Waals surface area contributed by atoms with Crippen molar-refractivity contribution in [3.05, 3.63) is 46.6 Å². The number of aromatic nitrogens is 2. The molecule has 1 aromatic carbocycles. The van der Waals surface area contributed by atoms with E-state index in [1.165, 1.54) is 0 Å². The molecule has 2 aliphatic heterocycles. The summed E-state index contributed by atoms with van der Waals surface area (Å²) in [5.74, 6) is -0.105. The van der Waals surface area contributed by atoms with Gasteiger partial charge in [0.1, 0.15) is 16.1 Å². The number of hydrogen-bond acceptors (Lipinski definition) is 9. The van der Waals surface area contributed by atoms with Crippen LogP contribution < -0.4 is 5.73 Å². The second-order valence-electron chi connectivity index (χ2n) is 8.02. The van der Waals surface area contributed by atoms with Gasteiger partial charge in [0.2, 0.25) is 17.5 Å². The lowest BCUT2D eigenvalue weighted by molar-refractivity contribution is 0.0609. The molecule has 0 saturated heterocycles. The summed E-state index contributed by atoms with van der Waals surface area (Å²) in [7, 11) is -3.57. The van der Waals surface area contributed by atoms with E-state index < -0.39 is 20.1 Å². The number of amidine groups is 1. The fraction of sp³-hybridized carbons (Fsp3) is 0.474. The number of carbonyl (C=O) groups excluding carboxylic acids is 1. The minimum Gasteiger partial charge on any atom is -0.386 e. The van der Waals surface area contributed by atoms with Crippen LogP contribution in [-0.2, 0) is 33.1 Å². The maximum atomic E-state index is 12.9. The highest BCUT2D eigenvalue weighted by Gasteiger charge is 2.52. The number of carbonyl (C=O) groups is 1. The van der Waals surface area contributed by atoms with Crippen LogP contribution in [0.5, 0.6) is 0 Å². The van der Waals surface area contributed by atoms with Crippen LogP contribution in [0, 0.1) is 6.92 Å². The first-order valence-electron chi connectivity index (χ1n) is 9.16. The Morgan fingerprint density at radius 1 is 1.31 bits per heavy atom. The Morgan fingerprint density at radius 3 is 2.72 bits per heavy atom. The smallest absolute Gasteiger partial charge is 0.238 e. The molecule has 4 rings (SSSR count). The third-order valence-corrected chi connectivity index (χ3v) is 8.20. The van der Waals surface area contributed by atoms with Gasteiger partial charge in [-0.2, -0.15) is 4.98 Å². The van der Waals surface area contributed by atoms with E-state index in [0.29, 0.717) is 18.1 Å². The van der Waals surface area contributed by atoms with E-state index in [4.69, 9.17) is 15.0 Å². The number of aryl methyl sites for hydroxylation is 1. The van der Waals surface area contributed by atoms with Gasteiger partial charge < -0.3 is 15.0 Å². The SMILES string of the molecule is Cc1nc(C(=O)Cc2ccc3c(c2)[C@]2(COC3)CS(=O)(=O)C(C)(C)C(N)=N2)no1. The summed E-state index contributed by atoms with van der Waals surface area (Å²) in [4.78, 5) is 21.0. The van der Waals surface area contributed by atoms with Crippen molar-refractivity contribution >= 4 is 21.5 Å². The number of nitrogens with two attached hydrogens (primary N) is 1. The molecule has 154 valence electrons. The molecule has 0 amide bonds. The topological polar surface area (TPSA) is 138 Å². The van der Waals surface area contributed by atoms with Gasteiger partial charge in [-0.25, -0.2) is 8.42 Å². The lowest BCUT2D eigenvalue weighted by Crippen LogP contribution is -2.57. The number of hydrogen-bond donors (Lipinski definition) is 1. The number of fused-ring (bicyclic) bond motifs is 2. The number of nitrogens with zero attached hydrogens (tertiary/aromatic N) is 3. The Hall–Kier alpha value is -2.59. The molecule has 0 saturated carbocycles. The van der Waals surface area contributed by atoms with Crippen molar-refractivity contribution in [2.75, 3.05) is 12.4 Å². The van der Waals surface area contributed by atoms with Crippen molar-refractivity contribution in [3.8, 4) is 0 Å². The molecule has 0 bridgehead atoms. The molecule has 0 aliphatic carbocycles. The van der Waals surface area contributed by atoms with Crippen molar-refractivity contribution in [1.82, 2.24) is 10.1 Å². The lowest BCUT2D eigenvalue weighted by atomic mass is 9.85. The predicted octanol–water partition coefficient (Wildman–Crippen LogP) is 1.09. The quantitative estimate of drug-likeness (QED) is 0.731. The average Bonchev–Trinajstić information content (AvgIpc) is 3.07. The van der Waals surface area contributed by atoms with E-state index in [1.807, 2.05) is 12.1 Å². The lowest BCUT2D eigenvalue weighted by Gasteiger charge is -2.42. The first kappa shape index (κ1) is 19.7. The van der Waals surface area contributed by atoms with E-state index in [9.17, 15) is 13.2 Å². The third-order valence-electron chi connectivity index (χ3n) is 5.57. The molecule has 29 heavy (non-hydrogen) atoms. The van der Waals surface area contributed by atoms with Crippen LogP contribution in [0.1, 0.15) is 47.0 Å². The Bertz CT molecular complexity index is 1140. The molecule has 3 heterocycles. The zero-order valence-corrected chi connectivity index (χ0v) is 17.2. The summed E-state index contributed by atoms with van der Waals surface area (Å²) in [6.45, 7) is 5.17. The van der Waals surface area contributed by atoms with Crippen molar-refractivity contribution in [1.29, 1.82) is 0 Å². The van der Waals surface area contributed by atoms with Crippen LogP contribution in [-0.4, -0.2) is 47.3 Å². The number of ether oxygens (including phenoxy) is 1. The summed E-state index contributed by atoms with van der Waals surface area (Å²) in [5.41, 5.74) is 7.22. The van der Waals surface area contributed by atoms with Crippen molar-refractivity contribution in [2.24, 2.45) is 10.7 Å². The van der Waals surface area contributed by atoms with Crippen molar-refractivity contribution in [2.45, 2.75) is 44.1 Å². The maximum absolute atomic E-state index is 12.9. The summed E-state index contributed by atoms with van der Waals surface area (Å²) in [5, 5.41) is 3.65. The zero-order valence-electron chi connectivity index (χ0n) is 16.4. The van der Waals surface area contributed by atoms with E-state index in [1.54, 1.807) is 26.8 Å². The Labute approximate surface area is 168 Å². The fourth-order valence-corrected chi connectivity index (χ4v) is 5.30. The van der Waals surface area contributed by atoms with E-state index in [0.717, 1.165) is 11.1 Å². The number of aliphatic imine (C=N–C) groups is 1. The van der Waals surface area contributed by atoms with Gasteiger partial charge in [-0.15, -0.1) is 0 Å². The third kappa shape index (κ3) is 3.16. The molecule has 0 fully saturated rings. The van der Waals surface area contributed by atoms with Crippen LogP contribution in [0.2, 0.25) is 0 Å². The summed E-state index contributed by atoms with van der Waals surface area (Å²) < 4.78 is 35.2. The molecular weight excluding hydrogens is 396 g/mol. The van der Waals surface area contributed by atoms with Gasteiger partial charge in [-0.05, 0) is 30.5 Å². The Kier molecular flexibility index (Phi) is 4.39. The Morgan fingerprint density at radius 2 is 2.07 bits per heavy atom. The number of sulfone groups is 1. The second-order valence-corrected chi connectivity index (χ2v) is 10.6. The molecule has 0 unspecified atom stereocenters. The highest BCUT2D eigenvalue weighted by molar-refractivity contribution is 7.93. The monoisotopic (exact) mass is 418 g/mol. The van der Waals surface area contributed by atoms with Gasteiger partial charge in [0.15, 0.2) is 9.84 Å². The molecule has 1 aromatic heterocycles. The van der Waals surface area contributed by atoms with Gasteiger partial charge in [0.05, 0.1) is 19.0 Å². The van der Waals surface area contributed by atoms with Gasteiger partial charge >= 0.3 is 0 Å². The highest BCUT2D eigenvalue weighted by Crippen LogP contribution is 2.41. The van der Waals surface area contributed by atoms with E-state index in [2.05, 4.69) is 15.1 Å². The highest BCUT2D eigenvalue weighted by atomic mass is 32.2. The maximum Gasteiger partial charge on any atom is 0.238 e. The predicted molar refractivity (Wildman–Crippen MR) is 104 cm³/mol. The van der Waals surface area contributed by atoms with Crippen molar-refractivity contribution in [3.63, 3.8) is 0 Å². The van der Waals surface area contributed by atoms with Gasteiger partial charge in [0.25, 0.3) is 0 Å². The first-order chi connectivity index (χ1) is 13.5. The van der Waals surface area contributed by atoms with Crippen LogP contribution >= 0.6 is 0 Å². The van der Waals surface area contributed by atoms with Crippen LogP contribution in [0.4, 0.5) is 0 Å². The Balaban J connectivity index is 1.75. The van der Waals surface area contributed by atoms with Gasteiger partial charge in [0, 0.05) is 13.3 Å². The van der Waals surface area contributed by atoms with Gasteiger partial charge in [-0.3, -0.25) is 9.79 Å². The second kappa shape index (κ2) is 6.46. The minimum absolute atomic E-state index is 0.0162. The molecule has 1 spiro atoms. The number of rotatable bonds is 3. The van der Waals surface area contributed by atoms with E-state index >= 15 is 0 Å². The fourth-order valence-electron chi connectivity index (χ4n) is 3.64. The largest absolute Gasteiger partial charge is 0.386 e. The molecule has 2 N–H and O–H groups in total. The number of benzene rings is 1. The molecular formula is C19H22N4O5S. The van der Waals surface area contributed by atoms with E-state index in [-0.39, 0.29) is 36.2 Å². The average molecular weight is 418 g/mol. The number of Topliss-reactive ketones (excluding diaryl/α,β-unsaturated/α-hetero) is 1. The standard InChI is InChI=1S/C19H22N4O5S/c1-11-21-16(23-28-11)15(24)7-12-4-5-13-8-27-9-19(14(13)6-12)10-29(25,26)18(2,3)17(20)22-19/h4-6H,7-10H2,1-3H3,(H2,20,22)/t19-/m0/s1. The van der Waals surface area contributed by atoms with Gasteiger partial charge in [-0.1, -0.05) is 23.4 Å². The summed E-state index contributed by atoms with van der Waals surface area (Å²) >= 11 is 0. The first-order valence-corrected chi connectivity index (χ1v) is 10.8. The van der Waals surface area contributed by atoms with Crippen LogP contribution in [0.15, 0.2) is 27.7 Å². The van der Waals surface area contributed by atoms with Crippen LogP contribution in [0.25, 0.3) is 0 Å². The van der Waals surface area contributed by atoms with Crippen LogP contribution in [0.3, 0.4) is 0 Å². The van der Waals surface area contributed by atoms with Crippen molar-refractivity contribution < 1.29 is 22.5 Å². The normalized spacial score (nSPS) is 24.7. The summed E-state index contributed by atoms with van der Waals surface area (Å²) in [6.07, 6.45) is 0.0562.